The molecule has 1 fully saturated rings. The molecular formula is C15H18N2O4. The molecule has 1 aliphatic carbocycles. The lowest BCUT2D eigenvalue weighted by Crippen LogP contribution is -2.48. The lowest BCUT2D eigenvalue weighted by Gasteiger charge is -2.38. The molecule has 0 atom stereocenters. The molecule has 1 aliphatic heterocycles. The summed E-state index contributed by atoms with van der Waals surface area (Å²) < 4.78 is 1.52. The van der Waals surface area contributed by atoms with Crippen molar-refractivity contribution in [1.82, 2.24) is 9.47 Å². The molecule has 1 saturated carbocycles. The molecule has 1 amide bonds. The number of rotatable bonds is 2. The Morgan fingerprint density at radius 1 is 1.14 bits per heavy atom. The third-order valence-corrected chi connectivity index (χ3v) is 4.47. The summed E-state index contributed by atoms with van der Waals surface area (Å²) in [5, 5.41) is 10.0. The minimum absolute atomic E-state index is 0.0161. The molecule has 21 heavy (non-hydrogen) atoms. The van der Waals surface area contributed by atoms with Crippen molar-refractivity contribution in [2.45, 2.75) is 44.7 Å². The van der Waals surface area contributed by atoms with Gasteiger partial charge in [0.05, 0.1) is 5.56 Å². The van der Waals surface area contributed by atoms with E-state index in [2.05, 4.69) is 0 Å². The summed E-state index contributed by atoms with van der Waals surface area (Å²) in [6.07, 6.45) is 7.14. The van der Waals surface area contributed by atoms with E-state index < -0.39 is 11.2 Å². The van der Waals surface area contributed by atoms with E-state index in [0.29, 0.717) is 19.4 Å². The molecule has 3 rings (SSSR count). The third-order valence-electron chi connectivity index (χ3n) is 4.47. The maximum absolute atomic E-state index is 12.6. The molecule has 0 bridgehead atoms. The van der Waals surface area contributed by atoms with Gasteiger partial charge in [-0.2, -0.15) is 0 Å². The van der Waals surface area contributed by atoms with Gasteiger partial charge in [0.2, 0.25) is 5.43 Å². The predicted molar refractivity (Wildman–Crippen MR) is 75.7 cm³/mol. The van der Waals surface area contributed by atoms with Crippen molar-refractivity contribution in [3.8, 4) is 5.75 Å². The summed E-state index contributed by atoms with van der Waals surface area (Å²) in [7, 11) is 0. The first-order valence-electron chi connectivity index (χ1n) is 7.36. The average molecular weight is 290 g/mol. The van der Waals surface area contributed by atoms with Crippen molar-refractivity contribution in [3.05, 3.63) is 27.7 Å². The number of fused-ring (bicyclic) bond motifs is 1. The average Bonchev–Trinajstić information content (AvgIpc) is 2.51. The topological polar surface area (TPSA) is 79.6 Å². The Balaban J connectivity index is 1.99. The molecule has 2 heterocycles. The molecule has 0 saturated heterocycles. The van der Waals surface area contributed by atoms with E-state index in [1.165, 1.54) is 17.2 Å². The van der Waals surface area contributed by atoms with Gasteiger partial charge in [-0.25, -0.2) is 0 Å². The van der Waals surface area contributed by atoms with E-state index in [4.69, 9.17) is 0 Å². The van der Waals surface area contributed by atoms with Crippen LogP contribution in [0.2, 0.25) is 0 Å². The van der Waals surface area contributed by atoms with Crippen molar-refractivity contribution >= 4 is 12.2 Å². The number of carbonyl (C=O) groups excluding carboxylic acids is 2. The summed E-state index contributed by atoms with van der Waals surface area (Å²) in [5.74, 6) is -0.912. The van der Waals surface area contributed by atoms with Gasteiger partial charge in [0, 0.05) is 25.3 Å². The molecule has 1 aromatic rings. The Morgan fingerprint density at radius 3 is 2.52 bits per heavy atom. The summed E-state index contributed by atoms with van der Waals surface area (Å²) in [4.78, 5) is 37.1. The van der Waals surface area contributed by atoms with Crippen LogP contribution in [0.5, 0.6) is 5.75 Å². The van der Waals surface area contributed by atoms with Crippen molar-refractivity contribution < 1.29 is 14.7 Å². The summed E-state index contributed by atoms with van der Waals surface area (Å²) in [6.45, 7) is 1.05. The van der Waals surface area contributed by atoms with Crippen LogP contribution in [0.3, 0.4) is 0 Å². The fourth-order valence-electron chi connectivity index (χ4n) is 3.35. The number of aromatic nitrogens is 1. The van der Waals surface area contributed by atoms with Crippen LogP contribution in [-0.2, 0) is 6.54 Å². The van der Waals surface area contributed by atoms with E-state index in [1.54, 1.807) is 4.90 Å². The summed E-state index contributed by atoms with van der Waals surface area (Å²) in [5.41, 5.74) is -0.868. The zero-order valence-electron chi connectivity index (χ0n) is 11.7. The molecule has 2 aliphatic rings. The van der Waals surface area contributed by atoms with Crippen LogP contribution in [0.4, 0.5) is 0 Å². The Hall–Kier alpha value is -2.11. The van der Waals surface area contributed by atoms with Gasteiger partial charge in [-0.05, 0) is 12.8 Å². The normalized spacial score (nSPS) is 19.4. The Labute approximate surface area is 122 Å². The Morgan fingerprint density at radius 2 is 1.86 bits per heavy atom. The maximum Gasteiger partial charge on any atom is 0.274 e. The quantitative estimate of drug-likeness (QED) is 0.829. The zero-order chi connectivity index (χ0) is 15.0. The molecule has 0 aromatic carbocycles. The monoisotopic (exact) mass is 290 g/mol. The number of nitrogens with zero attached hydrogens (tertiary/aromatic N) is 2. The van der Waals surface area contributed by atoms with Crippen LogP contribution >= 0.6 is 0 Å². The molecular weight excluding hydrogens is 272 g/mol. The largest absolute Gasteiger partial charge is 0.503 e. The second kappa shape index (κ2) is 5.35. The second-order valence-corrected chi connectivity index (χ2v) is 5.71. The van der Waals surface area contributed by atoms with Crippen molar-refractivity contribution in [2.24, 2.45) is 0 Å². The fourth-order valence-corrected chi connectivity index (χ4v) is 3.35. The molecule has 6 nitrogen and oxygen atoms in total. The molecule has 0 unspecified atom stereocenters. The van der Waals surface area contributed by atoms with Crippen LogP contribution in [-0.4, -0.2) is 39.4 Å². The smallest absolute Gasteiger partial charge is 0.274 e. The summed E-state index contributed by atoms with van der Waals surface area (Å²) in [6, 6.07) is 0.195. The van der Waals surface area contributed by atoms with Gasteiger partial charge in [0.25, 0.3) is 5.91 Å². The number of pyridine rings is 1. The predicted octanol–water partition coefficient (Wildman–Crippen LogP) is 1.15. The van der Waals surface area contributed by atoms with Gasteiger partial charge in [0.15, 0.2) is 17.7 Å². The summed E-state index contributed by atoms with van der Waals surface area (Å²) >= 11 is 0. The highest BCUT2D eigenvalue weighted by Gasteiger charge is 2.33. The number of aromatic hydroxyl groups is 1. The van der Waals surface area contributed by atoms with Crippen molar-refractivity contribution in [2.75, 3.05) is 6.54 Å². The molecule has 0 spiro atoms. The zero-order valence-corrected chi connectivity index (χ0v) is 11.7. The van der Waals surface area contributed by atoms with Crippen molar-refractivity contribution in [3.63, 3.8) is 0 Å². The van der Waals surface area contributed by atoms with Gasteiger partial charge in [-0.15, -0.1) is 0 Å². The Kier molecular flexibility index (Phi) is 3.53. The van der Waals surface area contributed by atoms with E-state index >= 15 is 0 Å². The van der Waals surface area contributed by atoms with E-state index in [0.717, 1.165) is 25.7 Å². The van der Waals surface area contributed by atoms with Gasteiger partial charge >= 0.3 is 0 Å². The van der Waals surface area contributed by atoms with Gasteiger partial charge in [0.1, 0.15) is 0 Å². The lowest BCUT2D eigenvalue weighted by atomic mass is 9.93. The number of hydrogen-bond donors (Lipinski definition) is 1. The highest BCUT2D eigenvalue weighted by Crippen LogP contribution is 2.27. The van der Waals surface area contributed by atoms with Crippen LogP contribution in [0.1, 0.15) is 53.0 Å². The molecule has 0 radical (unpaired) electrons. The number of aldehydes is 1. The lowest BCUT2D eigenvalue weighted by molar-refractivity contribution is 0.0563. The first-order chi connectivity index (χ1) is 10.1. The highest BCUT2D eigenvalue weighted by molar-refractivity contribution is 5.96. The minimum atomic E-state index is -0.768. The number of carbonyl (C=O) groups is 2. The fraction of sp³-hybridized carbons (Fsp3) is 0.533. The van der Waals surface area contributed by atoms with E-state index in [-0.39, 0.29) is 23.2 Å². The van der Waals surface area contributed by atoms with Gasteiger partial charge < -0.3 is 14.6 Å². The SMILES string of the molecule is O=Cc1cn2c(c(O)c1=O)C(=O)N(C1CCCCC1)CC2. The van der Waals surface area contributed by atoms with E-state index in [1.807, 2.05) is 0 Å². The third kappa shape index (κ3) is 2.24. The maximum atomic E-state index is 12.6. The van der Waals surface area contributed by atoms with Gasteiger partial charge in [-0.3, -0.25) is 14.4 Å². The first-order valence-corrected chi connectivity index (χ1v) is 7.36. The van der Waals surface area contributed by atoms with Crippen LogP contribution in [0, 0.1) is 0 Å². The van der Waals surface area contributed by atoms with Crippen LogP contribution in [0.15, 0.2) is 11.0 Å². The highest BCUT2D eigenvalue weighted by atomic mass is 16.3. The molecule has 6 heteroatoms. The van der Waals surface area contributed by atoms with Crippen LogP contribution < -0.4 is 5.43 Å². The Bertz CT molecular complexity index is 644. The molecule has 112 valence electrons. The van der Waals surface area contributed by atoms with Crippen LogP contribution in [0.25, 0.3) is 0 Å². The molecule has 1 N–H and O–H groups in total. The first kappa shape index (κ1) is 13.9. The van der Waals surface area contributed by atoms with Gasteiger partial charge in [-0.1, -0.05) is 19.3 Å². The van der Waals surface area contributed by atoms with E-state index in [9.17, 15) is 19.5 Å². The second-order valence-electron chi connectivity index (χ2n) is 5.71. The minimum Gasteiger partial charge on any atom is -0.503 e. The number of amides is 1. The molecule has 1 aromatic heterocycles. The standard InChI is InChI=1S/C15H18N2O4/c18-9-10-8-16-6-7-17(11-4-2-1-3-5-11)15(21)12(16)14(20)13(10)19/h8-9,11,20H,1-7H2. The number of hydrogen-bond acceptors (Lipinski definition) is 4. The van der Waals surface area contributed by atoms with Crippen molar-refractivity contribution in [1.29, 1.82) is 0 Å².